The number of fused-ring (bicyclic) bond motifs is 1. The zero-order valence-electron chi connectivity index (χ0n) is 8.56. The molecule has 5 heteroatoms. The Morgan fingerprint density at radius 1 is 1.31 bits per heavy atom. The molecule has 0 saturated carbocycles. The lowest BCUT2D eigenvalue weighted by Crippen LogP contribution is -2.29. The zero-order valence-corrected chi connectivity index (χ0v) is 8.56. The number of hydrogen-bond donors (Lipinski definition) is 0. The van der Waals surface area contributed by atoms with Gasteiger partial charge in [0.2, 0.25) is 0 Å². The Kier molecular flexibility index (Phi) is 2.33. The minimum atomic E-state index is -0.444. The van der Waals surface area contributed by atoms with E-state index in [0.29, 0.717) is 16.9 Å². The normalized spacial score (nSPS) is 13.6. The number of benzene rings is 1. The Morgan fingerprint density at radius 3 is 2.62 bits per heavy atom. The first-order valence-electron chi connectivity index (χ1n) is 4.60. The van der Waals surface area contributed by atoms with E-state index in [-0.39, 0.29) is 6.54 Å². The van der Waals surface area contributed by atoms with Crippen molar-refractivity contribution in [3.05, 3.63) is 29.3 Å². The van der Waals surface area contributed by atoms with Crippen LogP contribution < -0.4 is 4.74 Å². The van der Waals surface area contributed by atoms with Gasteiger partial charge in [-0.2, -0.15) is 5.26 Å². The van der Waals surface area contributed by atoms with Crippen LogP contribution in [-0.4, -0.2) is 30.4 Å². The highest BCUT2D eigenvalue weighted by Crippen LogP contribution is 2.26. The monoisotopic (exact) mass is 216 g/mol. The maximum atomic E-state index is 11.8. The van der Waals surface area contributed by atoms with Gasteiger partial charge in [0, 0.05) is 0 Å². The number of carbonyl (C=O) groups is 2. The van der Waals surface area contributed by atoms with E-state index in [9.17, 15) is 9.59 Å². The van der Waals surface area contributed by atoms with E-state index in [1.54, 1.807) is 12.1 Å². The Balaban J connectivity index is 2.48. The van der Waals surface area contributed by atoms with Crippen molar-refractivity contribution in [2.75, 3.05) is 13.7 Å². The molecular formula is C11H8N2O3. The lowest BCUT2D eigenvalue weighted by molar-refractivity contribution is 0.0674. The van der Waals surface area contributed by atoms with Crippen molar-refractivity contribution in [2.45, 2.75) is 0 Å². The van der Waals surface area contributed by atoms with Gasteiger partial charge in [0.05, 0.1) is 24.3 Å². The first-order valence-corrected chi connectivity index (χ1v) is 4.60. The molecule has 1 aliphatic heterocycles. The third kappa shape index (κ3) is 1.32. The molecule has 0 aromatic heterocycles. The molecule has 0 spiro atoms. The Bertz CT molecular complexity index is 516. The molecule has 0 atom stereocenters. The second-order valence-electron chi connectivity index (χ2n) is 3.27. The summed E-state index contributed by atoms with van der Waals surface area (Å²) in [5.41, 5.74) is 0.612. The van der Waals surface area contributed by atoms with Crippen LogP contribution in [0.5, 0.6) is 5.75 Å². The first kappa shape index (κ1) is 10.2. The Hall–Kier alpha value is -2.35. The molecule has 0 saturated heterocycles. The third-order valence-electron chi connectivity index (χ3n) is 2.41. The summed E-state index contributed by atoms with van der Waals surface area (Å²) in [6.07, 6.45) is 0. The van der Waals surface area contributed by atoms with Crippen LogP contribution in [0.1, 0.15) is 20.7 Å². The van der Waals surface area contributed by atoms with Crippen LogP contribution in [-0.2, 0) is 0 Å². The van der Waals surface area contributed by atoms with Crippen LogP contribution in [0.3, 0.4) is 0 Å². The zero-order chi connectivity index (χ0) is 11.7. The Morgan fingerprint density at radius 2 is 2.00 bits per heavy atom. The number of hydrogen-bond acceptors (Lipinski definition) is 4. The van der Waals surface area contributed by atoms with Crippen molar-refractivity contribution in [1.29, 1.82) is 5.26 Å². The molecule has 2 amide bonds. The molecule has 1 heterocycles. The molecule has 2 rings (SSSR count). The number of ether oxygens (including phenoxy) is 1. The van der Waals surface area contributed by atoms with E-state index in [0.717, 1.165) is 4.90 Å². The van der Waals surface area contributed by atoms with Gasteiger partial charge < -0.3 is 4.74 Å². The van der Waals surface area contributed by atoms with Crippen molar-refractivity contribution in [2.24, 2.45) is 0 Å². The number of carbonyl (C=O) groups excluding carboxylic acids is 2. The van der Waals surface area contributed by atoms with E-state index >= 15 is 0 Å². The number of imide groups is 1. The summed E-state index contributed by atoms with van der Waals surface area (Å²) in [4.78, 5) is 24.4. The van der Waals surface area contributed by atoms with Gasteiger partial charge >= 0.3 is 0 Å². The van der Waals surface area contributed by atoms with E-state index in [2.05, 4.69) is 0 Å². The molecule has 0 N–H and O–H groups in total. The average molecular weight is 216 g/mol. The maximum absolute atomic E-state index is 11.8. The van der Waals surface area contributed by atoms with Crippen LogP contribution in [0.25, 0.3) is 0 Å². The van der Waals surface area contributed by atoms with E-state index < -0.39 is 11.8 Å². The van der Waals surface area contributed by atoms with E-state index in [1.165, 1.54) is 19.2 Å². The average Bonchev–Trinajstić information content (AvgIpc) is 2.54. The van der Waals surface area contributed by atoms with Gasteiger partial charge in [0.1, 0.15) is 12.3 Å². The maximum Gasteiger partial charge on any atom is 0.262 e. The highest BCUT2D eigenvalue weighted by atomic mass is 16.5. The molecule has 1 aromatic rings. The molecule has 1 aliphatic rings. The summed E-state index contributed by atoms with van der Waals surface area (Å²) in [6, 6.07) is 6.44. The highest BCUT2D eigenvalue weighted by molar-refractivity contribution is 6.21. The fourth-order valence-corrected chi connectivity index (χ4v) is 1.61. The van der Waals surface area contributed by atoms with Crippen LogP contribution in [0, 0.1) is 11.3 Å². The molecule has 80 valence electrons. The van der Waals surface area contributed by atoms with Gasteiger partial charge in [-0.15, -0.1) is 0 Å². The summed E-state index contributed by atoms with van der Waals surface area (Å²) in [5.74, 6) is -0.358. The SMILES string of the molecule is COc1ccc2c(c1)C(=O)N(CC#N)C2=O. The third-order valence-corrected chi connectivity index (χ3v) is 2.41. The summed E-state index contributed by atoms with van der Waals surface area (Å²) in [5, 5.41) is 8.52. The topological polar surface area (TPSA) is 70.4 Å². The van der Waals surface area contributed by atoms with Gasteiger partial charge in [-0.05, 0) is 18.2 Å². The summed E-state index contributed by atoms with van der Waals surface area (Å²) < 4.78 is 4.97. The summed E-state index contributed by atoms with van der Waals surface area (Å²) in [6.45, 7) is -0.228. The predicted molar refractivity (Wildman–Crippen MR) is 54.0 cm³/mol. The van der Waals surface area contributed by atoms with E-state index in [4.69, 9.17) is 10.00 Å². The molecule has 5 nitrogen and oxygen atoms in total. The second kappa shape index (κ2) is 3.66. The van der Waals surface area contributed by atoms with Gasteiger partial charge in [-0.1, -0.05) is 0 Å². The lowest BCUT2D eigenvalue weighted by Gasteiger charge is -2.06. The molecule has 16 heavy (non-hydrogen) atoms. The molecule has 0 unspecified atom stereocenters. The highest BCUT2D eigenvalue weighted by Gasteiger charge is 2.35. The van der Waals surface area contributed by atoms with Crippen LogP contribution in [0.2, 0.25) is 0 Å². The predicted octanol–water partition coefficient (Wildman–Crippen LogP) is 0.815. The molecule has 0 fully saturated rings. The summed E-state index contributed by atoms with van der Waals surface area (Å²) in [7, 11) is 1.48. The number of nitriles is 1. The molecule has 0 radical (unpaired) electrons. The van der Waals surface area contributed by atoms with Gasteiger partial charge in [-0.25, -0.2) is 0 Å². The van der Waals surface area contributed by atoms with Crippen molar-refractivity contribution < 1.29 is 14.3 Å². The smallest absolute Gasteiger partial charge is 0.262 e. The minimum absolute atomic E-state index is 0.228. The quantitative estimate of drug-likeness (QED) is 0.542. The number of rotatable bonds is 2. The largest absolute Gasteiger partial charge is 0.497 e. The standard InChI is InChI=1S/C11H8N2O3/c1-16-7-2-3-8-9(6-7)11(15)13(5-4-12)10(8)14/h2-3,6H,5H2,1H3. The van der Waals surface area contributed by atoms with Crippen LogP contribution >= 0.6 is 0 Å². The van der Waals surface area contributed by atoms with Crippen LogP contribution in [0.4, 0.5) is 0 Å². The molecule has 0 aliphatic carbocycles. The van der Waals surface area contributed by atoms with E-state index in [1.807, 2.05) is 0 Å². The van der Waals surface area contributed by atoms with Crippen molar-refractivity contribution in [3.63, 3.8) is 0 Å². The van der Waals surface area contributed by atoms with Gasteiger partial charge in [-0.3, -0.25) is 14.5 Å². The van der Waals surface area contributed by atoms with Gasteiger partial charge in [0.15, 0.2) is 0 Å². The van der Waals surface area contributed by atoms with Crippen molar-refractivity contribution in [3.8, 4) is 11.8 Å². The van der Waals surface area contributed by atoms with Crippen molar-refractivity contribution in [1.82, 2.24) is 4.90 Å². The van der Waals surface area contributed by atoms with Gasteiger partial charge in [0.25, 0.3) is 11.8 Å². The first-order chi connectivity index (χ1) is 7.69. The second-order valence-corrected chi connectivity index (χ2v) is 3.27. The van der Waals surface area contributed by atoms with Crippen molar-refractivity contribution >= 4 is 11.8 Å². The lowest BCUT2D eigenvalue weighted by atomic mass is 10.1. The molecule has 1 aromatic carbocycles. The number of nitrogens with zero attached hydrogens (tertiary/aromatic N) is 2. The summed E-state index contributed by atoms with van der Waals surface area (Å²) >= 11 is 0. The fraction of sp³-hybridized carbons (Fsp3) is 0.182. The number of methoxy groups -OCH3 is 1. The van der Waals surface area contributed by atoms with Crippen LogP contribution in [0.15, 0.2) is 18.2 Å². The molecular weight excluding hydrogens is 208 g/mol. The minimum Gasteiger partial charge on any atom is -0.497 e. The Labute approximate surface area is 91.8 Å². The molecule has 0 bridgehead atoms. The fourth-order valence-electron chi connectivity index (χ4n) is 1.61. The number of amides is 2.